The van der Waals surface area contributed by atoms with E-state index in [4.69, 9.17) is 0 Å². The van der Waals surface area contributed by atoms with Crippen molar-refractivity contribution < 1.29 is 4.79 Å². The maximum atomic E-state index is 12.3. The van der Waals surface area contributed by atoms with E-state index in [1.807, 2.05) is 35.7 Å². The van der Waals surface area contributed by atoms with Crippen molar-refractivity contribution in [1.82, 2.24) is 14.5 Å². The van der Waals surface area contributed by atoms with Gasteiger partial charge in [0.15, 0.2) is 0 Å². The summed E-state index contributed by atoms with van der Waals surface area (Å²) in [6.07, 6.45) is 3.31. The second-order valence-corrected chi connectivity index (χ2v) is 6.49. The lowest BCUT2D eigenvalue weighted by molar-refractivity contribution is -0.116. The van der Waals surface area contributed by atoms with Crippen molar-refractivity contribution in [2.45, 2.75) is 13.0 Å². The quantitative estimate of drug-likeness (QED) is 0.614. The Bertz CT molecular complexity index is 1130. The van der Waals surface area contributed by atoms with Crippen LogP contribution in [0.4, 0.5) is 5.69 Å². The number of nitrogens with zero attached hydrogens (tertiary/aromatic N) is 3. The second-order valence-electron chi connectivity index (χ2n) is 5.60. The highest BCUT2D eigenvalue weighted by atomic mass is 32.1. The summed E-state index contributed by atoms with van der Waals surface area (Å²) in [5.41, 5.74) is 1.40. The number of amides is 1. The fraction of sp³-hybridized carbons (Fsp3) is 0.111. The highest BCUT2D eigenvalue weighted by Crippen LogP contribution is 2.16. The Balaban J connectivity index is 1.45. The van der Waals surface area contributed by atoms with Crippen LogP contribution in [0.15, 0.2) is 59.1 Å². The Morgan fingerprint density at radius 2 is 2.08 bits per heavy atom. The van der Waals surface area contributed by atoms with Crippen LogP contribution in [-0.2, 0) is 11.3 Å². The van der Waals surface area contributed by atoms with Crippen LogP contribution in [0.25, 0.3) is 21.1 Å². The third-order valence-electron chi connectivity index (χ3n) is 3.90. The van der Waals surface area contributed by atoms with Crippen LogP contribution in [0.1, 0.15) is 6.42 Å². The van der Waals surface area contributed by atoms with Gasteiger partial charge in [0, 0.05) is 18.4 Å². The lowest BCUT2D eigenvalue weighted by Crippen LogP contribution is -2.23. The molecule has 0 radical (unpaired) electrons. The molecule has 1 amide bonds. The maximum Gasteiger partial charge on any atom is 0.262 e. The van der Waals surface area contributed by atoms with Crippen molar-refractivity contribution in [2.24, 2.45) is 0 Å². The van der Waals surface area contributed by atoms with Crippen molar-refractivity contribution >= 4 is 44.1 Å². The van der Waals surface area contributed by atoms with Gasteiger partial charge in [0.25, 0.3) is 5.56 Å². The molecule has 6 nitrogen and oxygen atoms in total. The molecule has 0 saturated carbocycles. The number of nitrogens with one attached hydrogen (secondary N) is 1. The second kappa shape index (κ2) is 6.45. The van der Waals surface area contributed by atoms with Gasteiger partial charge < -0.3 is 5.32 Å². The van der Waals surface area contributed by atoms with Gasteiger partial charge in [-0.15, -0.1) is 11.3 Å². The first-order valence-corrected chi connectivity index (χ1v) is 8.66. The van der Waals surface area contributed by atoms with Crippen LogP contribution >= 0.6 is 11.3 Å². The Labute approximate surface area is 146 Å². The minimum atomic E-state index is -0.172. The van der Waals surface area contributed by atoms with E-state index < -0.39 is 0 Å². The Kier molecular flexibility index (Phi) is 3.99. The summed E-state index contributed by atoms with van der Waals surface area (Å²) >= 11 is 1.43. The first-order valence-electron chi connectivity index (χ1n) is 7.78. The first-order chi connectivity index (χ1) is 12.2. The third-order valence-corrected chi connectivity index (χ3v) is 4.73. The normalized spacial score (nSPS) is 11.0. The number of carbonyl (C=O) groups is 1. The fourth-order valence-corrected chi connectivity index (χ4v) is 3.36. The van der Waals surface area contributed by atoms with Crippen LogP contribution in [0.3, 0.4) is 0 Å². The number of aromatic nitrogens is 3. The number of aryl methyl sites for hydroxylation is 1. The number of anilines is 1. The lowest BCUT2D eigenvalue weighted by atomic mass is 10.2. The molecule has 0 fully saturated rings. The van der Waals surface area contributed by atoms with E-state index in [1.165, 1.54) is 22.2 Å². The zero-order chi connectivity index (χ0) is 17.2. The molecule has 0 aliphatic carbocycles. The third kappa shape index (κ3) is 3.14. The van der Waals surface area contributed by atoms with Crippen molar-refractivity contribution in [3.8, 4) is 0 Å². The topological polar surface area (TPSA) is 76.9 Å². The van der Waals surface area contributed by atoms with E-state index in [2.05, 4.69) is 15.3 Å². The SMILES string of the molecule is O=C(CCn1cnc2sccc2c1=O)Nc1cnc2ccccc2c1. The summed E-state index contributed by atoms with van der Waals surface area (Å²) in [4.78, 5) is 33.7. The predicted molar refractivity (Wildman–Crippen MR) is 98.9 cm³/mol. The smallest absolute Gasteiger partial charge is 0.262 e. The van der Waals surface area contributed by atoms with Crippen LogP contribution in [0.5, 0.6) is 0 Å². The number of pyridine rings is 1. The van der Waals surface area contributed by atoms with E-state index >= 15 is 0 Å². The van der Waals surface area contributed by atoms with Crippen LogP contribution < -0.4 is 10.9 Å². The molecule has 0 unspecified atom stereocenters. The van der Waals surface area contributed by atoms with Gasteiger partial charge in [-0.25, -0.2) is 4.98 Å². The number of rotatable bonds is 4. The van der Waals surface area contributed by atoms with Crippen molar-refractivity contribution in [2.75, 3.05) is 5.32 Å². The summed E-state index contributed by atoms with van der Waals surface area (Å²) in [6, 6.07) is 11.3. The number of fused-ring (bicyclic) bond motifs is 2. The molecule has 0 atom stereocenters. The summed E-state index contributed by atoms with van der Waals surface area (Å²) < 4.78 is 1.47. The van der Waals surface area contributed by atoms with Crippen molar-refractivity contribution in [3.05, 3.63) is 64.7 Å². The summed E-state index contributed by atoms with van der Waals surface area (Å²) in [5, 5.41) is 6.21. The molecule has 4 rings (SSSR count). The van der Waals surface area contributed by atoms with Gasteiger partial charge in [-0.3, -0.25) is 19.1 Å². The lowest BCUT2D eigenvalue weighted by Gasteiger charge is -2.07. The van der Waals surface area contributed by atoms with Crippen LogP contribution in [0.2, 0.25) is 0 Å². The van der Waals surface area contributed by atoms with Gasteiger partial charge in [0.05, 0.1) is 29.1 Å². The average Bonchev–Trinajstić information content (AvgIpc) is 3.11. The average molecular weight is 350 g/mol. The van der Waals surface area contributed by atoms with Gasteiger partial charge in [-0.1, -0.05) is 18.2 Å². The molecular weight excluding hydrogens is 336 g/mol. The summed E-state index contributed by atoms with van der Waals surface area (Å²) in [5.74, 6) is -0.172. The van der Waals surface area contributed by atoms with Gasteiger partial charge in [-0.2, -0.15) is 0 Å². The molecule has 1 N–H and O–H groups in total. The molecule has 0 saturated heterocycles. The summed E-state index contributed by atoms with van der Waals surface area (Å²) in [6.45, 7) is 0.282. The molecule has 0 bridgehead atoms. The number of carbonyl (C=O) groups excluding carboxylic acids is 1. The van der Waals surface area contributed by atoms with E-state index in [0.717, 1.165) is 10.9 Å². The molecular formula is C18H14N4O2S. The molecule has 124 valence electrons. The summed E-state index contributed by atoms with van der Waals surface area (Å²) in [7, 11) is 0. The molecule has 4 aromatic rings. The van der Waals surface area contributed by atoms with Gasteiger partial charge >= 0.3 is 0 Å². The highest BCUT2D eigenvalue weighted by molar-refractivity contribution is 7.16. The number of thiophene rings is 1. The number of benzene rings is 1. The van der Waals surface area contributed by atoms with E-state index in [9.17, 15) is 9.59 Å². The largest absolute Gasteiger partial charge is 0.325 e. The Morgan fingerprint density at radius 1 is 1.20 bits per heavy atom. The van der Waals surface area contributed by atoms with E-state index in [1.54, 1.807) is 12.3 Å². The first kappa shape index (κ1) is 15.5. The highest BCUT2D eigenvalue weighted by Gasteiger charge is 2.08. The Hall–Kier alpha value is -3.06. The fourth-order valence-electron chi connectivity index (χ4n) is 2.64. The zero-order valence-corrected chi connectivity index (χ0v) is 14.0. The van der Waals surface area contributed by atoms with Crippen molar-refractivity contribution in [1.29, 1.82) is 0 Å². The minimum absolute atomic E-state index is 0.119. The monoisotopic (exact) mass is 350 g/mol. The molecule has 0 aliphatic rings. The Morgan fingerprint density at radius 3 is 3.00 bits per heavy atom. The number of hydrogen-bond donors (Lipinski definition) is 1. The maximum absolute atomic E-state index is 12.3. The zero-order valence-electron chi connectivity index (χ0n) is 13.2. The van der Waals surface area contributed by atoms with E-state index in [-0.39, 0.29) is 24.4 Å². The molecule has 3 aromatic heterocycles. The molecule has 0 aliphatic heterocycles. The number of para-hydroxylation sites is 1. The van der Waals surface area contributed by atoms with Gasteiger partial charge in [-0.05, 0) is 23.6 Å². The predicted octanol–water partition coefficient (Wildman–Crippen LogP) is 3.04. The standard InChI is InChI=1S/C18H14N4O2S/c23-16(21-13-9-12-3-1-2-4-15(12)19-10-13)5-7-22-11-20-17-14(18(22)24)6-8-25-17/h1-4,6,8-11H,5,7H2,(H,21,23). The molecule has 1 aromatic carbocycles. The van der Waals surface area contributed by atoms with Gasteiger partial charge in [0.2, 0.25) is 5.91 Å². The molecule has 0 spiro atoms. The number of hydrogen-bond acceptors (Lipinski definition) is 5. The van der Waals surface area contributed by atoms with Crippen LogP contribution in [0, 0.1) is 0 Å². The van der Waals surface area contributed by atoms with Crippen LogP contribution in [-0.4, -0.2) is 20.4 Å². The van der Waals surface area contributed by atoms with Crippen molar-refractivity contribution in [3.63, 3.8) is 0 Å². The molecule has 3 heterocycles. The molecule has 7 heteroatoms. The van der Waals surface area contributed by atoms with E-state index in [0.29, 0.717) is 15.9 Å². The van der Waals surface area contributed by atoms with Gasteiger partial charge in [0.1, 0.15) is 4.83 Å². The minimum Gasteiger partial charge on any atom is -0.325 e. The molecule has 25 heavy (non-hydrogen) atoms.